The fraction of sp³-hybridized carbons (Fsp3) is 0.158. The maximum Gasteiger partial charge on any atom is 0.262 e. The SMILES string of the molecule is CCn1c(NNC(=O)CNC(=O)c2ccc(F)cc2F)nc2ccccc2c1=O. The van der Waals surface area contributed by atoms with Crippen molar-refractivity contribution in [3.8, 4) is 0 Å². The van der Waals surface area contributed by atoms with Crippen LogP contribution in [0.4, 0.5) is 14.7 Å². The molecule has 0 aliphatic heterocycles. The van der Waals surface area contributed by atoms with Crippen molar-refractivity contribution in [2.75, 3.05) is 12.0 Å². The lowest BCUT2D eigenvalue weighted by Crippen LogP contribution is -2.41. The Balaban J connectivity index is 1.65. The van der Waals surface area contributed by atoms with Crippen LogP contribution in [0.1, 0.15) is 17.3 Å². The van der Waals surface area contributed by atoms with E-state index in [1.165, 1.54) is 4.57 Å². The quantitative estimate of drug-likeness (QED) is 0.544. The number of hydrogen-bond donors (Lipinski definition) is 3. The summed E-state index contributed by atoms with van der Waals surface area (Å²) in [5, 5.41) is 2.67. The minimum Gasteiger partial charge on any atom is -0.343 e. The number of amides is 2. The normalized spacial score (nSPS) is 10.6. The number of fused-ring (bicyclic) bond motifs is 1. The second kappa shape index (κ2) is 8.46. The lowest BCUT2D eigenvalue weighted by Gasteiger charge is -2.14. The van der Waals surface area contributed by atoms with Crippen LogP contribution in [-0.4, -0.2) is 27.9 Å². The van der Waals surface area contributed by atoms with Gasteiger partial charge in [0.1, 0.15) is 11.6 Å². The largest absolute Gasteiger partial charge is 0.343 e. The van der Waals surface area contributed by atoms with E-state index in [0.717, 1.165) is 12.1 Å². The standard InChI is InChI=1S/C19H17F2N5O3/c1-2-26-18(29)13-5-3-4-6-15(13)23-19(26)25-24-16(27)10-22-17(28)12-8-7-11(20)9-14(12)21/h3-9H,2,10H2,1H3,(H,22,28)(H,23,25)(H,24,27). The van der Waals surface area contributed by atoms with Gasteiger partial charge in [-0.15, -0.1) is 0 Å². The molecule has 0 saturated heterocycles. The van der Waals surface area contributed by atoms with Gasteiger partial charge in [-0.2, -0.15) is 0 Å². The number of anilines is 1. The second-order valence-electron chi connectivity index (χ2n) is 5.98. The number of hydrogen-bond acceptors (Lipinski definition) is 5. The van der Waals surface area contributed by atoms with E-state index in [1.807, 2.05) is 0 Å². The zero-order chi connectivity index (χ0) is 21.0. The summed E-state index contributed by atoms with van der Waals surface area (Å²) in [6, 6.07) is 9.28. The first kappa shape index (κ1) is 19.9. The molecule has 2 amide bonds. The Labute approximate surface area is 163 Å². The van der Waals surface area contributed by atoms with E-state index >= 15 is 0 Å². The molecule has 0 aliphatic rings. The van der Waals surface area contributed by atoms with Gasteiger partial charge >= 0.3 is 0 Å². The highest BCUT2D eigenvalue weighted by atomic mass is 19.1. The minimum atomic E-state index is -1.03. The number of rotatable bonds is 6. The van der Waals surface area contributed by atoms with Crippen molar-refractivity contribution < 1.29 is 18.4 Å². The predicted octanol–water partition coefficient (Wildman–Crippen LogP) is 1.57. The number of halogens is 2. The van der Waals surface area contributed by atoms with Gasteiger partial charge in [-0.25, -0.2) is 13.8 Å². The van der Waals surface area contributed by atoms with Gasteiger partial charge in [0.15, 0.2) is 0 Å². The Hall–Kier alpha value is -3.82. The van der Waals surface area contributed by atoms with Crippen LogP contribution in [0.25, 0.3) is 10.9 Å². The van der Waals surface area contributed by atoms with Crippen molar-refractivity contribution in [1.29, 1.82) is 0 Å². The number of benzene rings is 2. The van der Waals surface area contributed by atoms with E-state index in [-0.39, 0.29) is 17.1 Å². The molecule has 29 heavy (non-hydrogen) atoms. The highest BCUT2D eigenvalue weighted by Crippen LogP contribution is 2.11. The Bertz CT molecular complexity index is 1150. The maximum atomic E-state index is 13.6. The zero-order valence-corrected chi connectivity index (χ0v) is 15.3. The number of hydrazine groups is 1. The zero-order valence-electron chi connectivity index (χ0n) is 15.3. The second-order valence-corrected chi connectivity index (χ2v) is 5.98. The number of carbonyl (C=O) groups is 2. The molecule has 0 saturated carbocycles. The first-order valence-corrected chi connectivity index (χ1v) is 8.68. The fourth-order valence-electron chi connectivity index (χ4n) is 2.66. The maximum absolute atomic E-state index is 13.6. The summed E-state index contributed by atoms with van der Waals surface area (Å²) in [4.78, 5) is 40.7. The third kappa shape index (κ3) is 4.37. The third-order valence-corrected chi connectivity index (χ3v) is 4.08. The van der Waals surface area contributed by atoms with Gasteiger partial charge in [-0.05, 0) is 31.2 Å². The number of carbonyl (C=O) groups excluding carboxylic acids is 2. The molecule has 8 nitrogen and oxygen atoms in total. The topological polar surface area (TPSA) is 105 Å². The molecule has 0 fully saturated rings. The number of nitrogens with zero attached hydrogens (tertiary/aromatic N) is 2. The Morgan fingerprint density at radius 2 is 1.90 bits per heavy atom. The third-order valence-electron chi connectivity index (χ3n) is 4.08. The highest BCUT2D eigenvalue weighted by molar-refractivity contribution is 5.96. The number of nitrogens with one attached hydrogen (secondary N) is 3. The van der Waals surface area contributed by atoms with Crippen LogP contribution in [0.15, 0.2) is 47.3 Å². The molecule has 1 aromatic heterocycles. The van der Waals surface area contributed by atoms with Crippen LogP contribution >= 0.6 is 0 Å². The van der Waals surface area contributed by atoms with Gasteiger partial charge in [0, 0.05) is 12.6 Å². The highest BCUT2D eigenvalue weighted by Gasteiger charge is 2.14. The van der Waals surface area contributed by atoms with Crippen LogP contribution in [-0.2, 0) is 11.3 Å². The molecule has 3 N–H and O–H groups in total. The molecule has 3 rings (SSSR count). The molecule has 150 valence electrons. The molecule has 2 aromatic carbocycles. The lowest BCUT2D eigenvalue weighted by atomic mass is 10.2. The fourth-order valence-corrected chi connectivity index (χ4v) is 2.66. The van der Waals surface area contributed by atoms with E-state index in [4.69, 9.17) is 0 Å². The predicted molar refractivity (Wildman–Crippen MR) is 102 cm³/mol. The molecule has 1 heterocycles. The van der Waals surface area contributed by atoms with Gasteiger partial charge in [0.2, 0.25) is 5.95 Å². The van der Waals surface area contributed by atoms with Crippen LogP contribution in [0.3, 0.4) is 0 Å². The monoisotopic (exact) mass is 401 g/mol. The molecule has 10 heteroatoms. The van der Waals surface area contributed by atoms with E-state index in [0.29, 0.717) is 23.5 Å². The van der Waals surface area contributed by atoms with Crippen molar-refractivity contribution in [2.45, 2.75) is 13.5 Å². The first-order chi connectivity index (χ1) is 13.9. The first-order valence-electron chi connectivity index (χ1n) is 8.68. The van der Waals surface area contributed by atoms with Gasteiger partial charge in [0.05, 0.1) is 23.0 Å². The molecule has 0 radical (unpaired) electrons. The van der Waals surface area contributed by atoms with Crippen LogP contribution in [0.5, 0.6) is 0 Å². The van der Waals surface area contributed by atoms with Gasteiger partial charge in [-0.1, -0.05) is 12.1 Å². The van der Waals surface area contributed by atoms with E-state index < -0.39 is 30.0 Å². The number of para-hydroxylation sites is 1. The van der Waals surface area contributed by atoms with Crippen molar-refractivity contribution in [3.05, 3.63) is 70.0 Å². The minimum absolute atomic E-state index is 0.125. The van der Waals surface area contributed by atoms with Crippen LogP contribution in [0, 0.1) is 11.6 Å². The summed E-state index contributed by atoms with van der Waals surface area (Å²) < 4.78 is 27.8. The smallest absolute Gasteiger partial charge is 0.262 e. The van der Waals surface area contributed by atoms with Crippen LogP contribution in [0.2, 0.25) is 0 Å². The van der Waals surface area contributed by atoms with Crippen molar-refractivity contribution in [3.63, 3.8) is 0 Å². The summed E-state index contributed by atoms with van der Waals surface area (Å²) in [6.07, 6.45) is 0. The van der Waals surface area contributed by atoms with Crippen molar-refractivity contribution in [2.24, 2.45) is 0 Å². The molecule has 0 atom stereocenters. The summed E-state index contributed by atoms with van der Waals surface area (Å²) in [5.74, 6) is -3.25. The van der Waals surface area contributed by atoms with Crippen LogP contribution < -0.4 is 21.7 Å². The molecule has 0 unspecified atom stereocenters. The van der Waals surface area contributed by atoms with Gasteiger partial charge in [0.25, 0.3) is 17.4 Å². The number of aromatic nitrogens is 2. The Morgan fingerprint density at radius 1 is 1.14 bits per heavy atom. The average molecular weight is 401 g/mol. The lowest BCUT2D eigenvalue weighted by molar-refractivity contribution is -0.119. The summed E-state index contributed by atoms with van der Waals surface area (Å²) in [5.41, 5.74) is 4.68. The summed E-state index contributed by atoms with van der Waals surface area (Å²) in [7, 11) is 0. The molecular formula is C19H17F2N5O3. The summed E-state index contributed by atoms with van der Waals surface area (Å²) in [6.45, 7) is 1.59. The van der Waals surface area contributed by atoms with Crippen molar-refractivity contribution in [1.82, 2.24) is 20.3 Å². The van der Waals surface area contributed by atoms with Crippen molar-refractivity contribution >= 4 is 28.7 Å². The summed E-state index contributed by atoms with van der Waals surface area (Å²) >= 11 is 0. The Morgan fingerprint density at radius 3 is 2.62 bits per heavy atom. The molecule has 3 aromatic rings. The molecule has 0 spiro atoms. The Kier molecular flexibility index (Phi) is 5.82. The molecular weight excluding hydrogens is 384 g/mol. The average Bonchev–Trinajstić information content (AvgIpc) is 2.70. The van der Waals surface area contributed by atoms with E-state index in [1.54, 1.807) is 31.2 Å². The van der Waals surface area contributed by atoms with Gasteiger partial charge < -0.3 is 5.32 Å². The molecule has 0 aliphatic carbocycles. The molecule has 0 bridgehead atoms. The van der Waals surface area contributed by atoms with E-state index in [9.17, 15) is 23.2 Å². The van der Waals surface area contributed by atoms with E-state index in [2.05, 4.69) is 21.2 Å². The van der Waals surface area contributed by atoms with Gasteiger partial charge in [-0.3, -0.25) is 29.8 Å².